The van der Waals surface area contributed by atoms with Crippen molar-refractivity contribution >= 4 is 11.9 Å². The highest BCUT2D eigenvalue weighted by molar-refractivity contribution is 5.89. The zero-order valence-corrected chi connectivity index (χ0v) is 10.3. The van der Waals surface area contributed by atoms with Gasteiger partial charge in [-0.25, -0.2) is 4.79 Å². The average Bonchev–Trinajstić information content (AvgIpc) is 2.90. The van der Waals surface area contributed by atoms with Crippen molar-refractivity contribution in [2.45, 2.75) is 25.7 Å². The summed E-state index contributed by atoms with van der Waals surface area (Å²) in [7, 11) is 0. The Balaban J connectivity index is 1.97. The lowest BCUT2D eigenvalue weighted by atomic mass is 10.0. The fraction of sp³-hybridized carbons (Fsp3) is 0.429. The van der Waals surface area contributed by atoms with Gasteiger partial charge in [0.2, 0.25) is 5.91 Å². The Kier molecular flexibility index (Phi) is 3.97. The second-order valence-corrected chi connectivity index (χ2v) is 4.55. The van der Waals surface area contributed by atoms with Crippen LogP contribution < -0.4 is 0 Å². The molecule has 0 saturated carbocycles. The molecule has 1 saturated heterocycles. The fourth-order valence-corrected chi connectivity index (χ4v) is 2.31. The van der Waals surface area contributed by atoms with E-state index < -0.39 is 5.97 Å². The van der Waals surface area contributed by atoms with Crippen molar-refractivity contribution in [2.75, 3.05) is 13.1 Å². The second kappa shape index (κ2) is 5.67. The molecule has 0 bridgehead atoms. The van der Waals surface area contributed by atoms with Gasteiger partial charge in [-0.15, -0.1) is 0 Å². The molecule has 1 fully saturated rings. The van der Waals surface area contributed by atoms with E-state index in [4.69, 9.17) is 5.11 Å². The summed E-state index contributed by atoms with van der Waals surface area (Å²) in [5.41, 5.74) is 1.03. The zero-order valence-electron chi connectivity index (χ0n) is 10.3. The monoisotopic (exact) mass is 247 g/mol. The maximum Gasteiger partial charge on any atom is 0.335 e. The quantitative estimate of drug-likeness (QED) is 0.884. The van der Waals surface area contributed by atoms with Crippen molar-refractivity contribution in [1.82, 2.24) is 4.90 Å². The number of likely N-dealkylation sites (tertiary alicyclic amines) is 1. The molecular weight excluding hydrogens is 230 g/mol. The smallest absolute Gasteiger partial charge is 0.335 e. The first-order chi connectivity index (χ1) is 8.68. The first-order valence-corrected chi connectivity index (χ1v) is 6.27. The number of rotatable bonds is 4. The molecule has 1 aliphatic rings. The maximum atomic E-state index is 11.9. The summed E-state index contributed by atoms with van der Waals surface area (Å²) >= 11 is 0. The third-order valence-electron chi connectivity index (χ3n) is 3.31. The minimum atomic E-state index is -0.931. The van der Waals surface area contributed by atoms with E-state index in [1.54, 1.807) is 18.2 Å². The first-order valence-electron chi connectivity index (χ1n) is 6.27. The Morgan fingerprint density at radius 2 is 1.83 bits per heavy atom. The number of carbonyl (C=O) groups excluding carboxylic acids is 1. The highest BCUT2D eigenvalue weighted by Gasteiger charge is 2.18. The Labute approximate surface area is 106 Å². The van der Waals surface area contributed by atoms with Crippen LogP contribution in [-0.2, 0) is 11.2 Å². The van der Waals surface area contributed by atoms with E-state index in [-0.39, 0.29) is 5.91 Å². The van der Waals surface area contributed by atoms with Gasteiger partial charge in [-0.05, 0) is 30.9 Å². The van der Waals surface area contributed by atoms with Gasteiger partial charge in [0.1, 0.15) is 0 Å². The lowest BCUT2D eigenvalue weighted by Crippen LogP contribution is -2.27. The lowest BCUT2D eigenvalue weighted by Gasteiger charge is -2.15. The van der Waals surface area contributed by atoms with Gasteiger partial charge in [-0.1, -0.05) is 18.2 Å². The molecule has 1 aromatic rings. The zero-order chi connectivity index (χ0) is 13.0. The van der Waals surface area contributed by atoms with Crippen LogP contribution in [0.2, 0.25) is 0 Å². The van der Waals surface area contributed by atoms with Gasteiger partial charge in [-0.2, -0.15) is 0 Å². The molecule has 1 aromatic carbocycles. The molecule has 96 valence electrons. The fourth-order valence-electron chi connectivity index (χ4n) is 2.31. The Bertz CT molecular complexity index is 450. The molecule has 0 aromatic heterocycles. The molecular formula is C14H17NO3. The molecule has 0 spiro atoms. The molecule has 1 heterocycles. The van der Waals surface area contributed by atoms with Gasteiger partial charge < -0.3 is 10.0 Å². The highest BCUT2D eigenvalue weighted by Crippen LogP contribution is 2.14. The third kappa shape index (κ3) is 2.88. The number of carboxylic acid groups (broad SMARTS) is 1. The van der Waals surface area contributed by atoms with Gasteiger partial charge >= 0.3 is 5.97 Å². The van der Waals surface area contributed by atoms with Crippen molar-refractivity contribution in [3.8, 4) is 0 Å². The summed E-state index contributed by atoms with van der Waals surface area (Å²) in [5, 5.41) is 9.05. The second-order valence-electron chi connectivity index (χ2n) is 4.55. The van der Waals surface area contributed by atoms with Crippen molar-refractivity contribution < 1.29 is 14.7 Å². The normalized spacial score (nSPS) is 14.8. The number of carbonyl (C=O) groups is 2. The lowest BCUT2D eigenvalue weighted by molar-refractivity contribution is -0.130. The van der Waals surface area contributed by atoms with Gasteiger partial charge in [0.25, 0.3) is 0 Å². The Morgan fingerprint density at radius 3 is 2.50 bits per heavy atom. The van der Waals surface area contributed by atoms with E-state index >= 15 is 0 Å². The number of carboxylic acids is 1. The van der Waals surface area contributed by atoms with Gasteiger partial charge in [0, 0.05) is 19.5 Å². The molecule has 4 nitrogen and oxygen atoms in total. The summed E-state index contributed by atoms with van der Waals surface area (Å²) in [6.45, 7) is 1.69. The van der Waals surface area contributed by atoms with E-state index in [2.05, 4.69) is 0 Å². The molecule has 1 N–H and O–H groups in total. The molecule has 18 heavy (non-hydrogen) atoms. The molecule has 1 aliphatic heterocycles. The summed E-state index contributed by atoms with van der Waals surface area (Å²) in [6, 6.07) is 6.87. The van der Waals surface area contributed by atoms with E-state index in [1.807, 2.05) is 11.0 Å². The first kappa shape index (κ1) is 12.6. The molecule has 0 unspecified atom stereocenters. The SMILES string of the molecule is O=C(O)c1ccccc1CCC(=O)N1CCCC1. The van der Waals surface area contributed by atoms with E-state index in [0.717, 1.165) is 31.5 Å². The number of aromatic carboxylic acids is 1. The number of amides is 1. The van der Waals surface area contributed by atoms with Gasteiger partial charge in [0.15, 0.2) is 0 Å². The van der Waals surface area contributed by atoms with Crippen molar-refractivity contribution in [3.05, 3.63) is 35.4 Å². The average molecular weight is 247 g/mol. The predicted molar refractivity (Wildman–Crippen MR) is 67.5 cm³/mol. The summed E-state index contributed by atoms with van der Waals surface area (Å²) in [6.07, 6.45) is 3.05. The van der Waals surface area contributed by atoms with Crippen molar-refractivity contribution in [1.29, 1.82) is 0 Å². The maximum absolute atomic E-state index is 11.9. The molecule has 1 amide bonds. The van der Waals surface area contributed by atoms with Crippen LogP contribution >= 0.6 is 0 Å². The minimum absolute atomic E-state index is 0.132. The molecule has 0 radical (unpaired) electrons. The molecule has 0 atom stereocenters. The number of aryl methyl sites for hydroxylation is 1. The van der Waals surface area contributed by atoms with Gasteiger partial charge in [0.05, 0.1) is 5.56 Å². The van der Waals surface area contributed by atoms with Crippen LogP contribution in [0.5, 0.6) is 0 Å². The Morgan fingerprint density at radius 1 is 1.17 bits per heavy atom. The predicted octanol–water partition coefficient (Wildman–Crippen LogP) is 1.94. The number of hydrogen-bond donors (Lipinski definition) is 1. The highest BCUT2D eigenvalue weighted by atomic mass is 16.4. The summed E-state index contributed by atoms with van der Waals surface area (Å²) in [5.74, 6) is -0.799. The van der Waals surface area contributed by atoms with E-state index in [0.29, 0.717) is 18.4 Å². The number of nitrogens with zero attached hydrogens (tertiary/aromatic N) is 1. The van der Waals surface area contributed by atoms with Crippen LogP contribution in [0.15, 0.2) is 24.3 Å². The molecule has 0 aliphatic carbocycles. The van der Waals surface area contributed by atoms with Crippen LogP contribution in [0, 0.1) is 0 Å². The van der Waals surface area contributed by atoms with Crippen LogP contribution in [0.1, 0.15) is 35.2 Å². The van der Waals surface area contributed by atoms with E-state index in [9.17, 15) is 9.59 Å². The molecule has 2 rings (SSSR count). The topological polar surface area (TPSA) is 57.6 Å². The van der Waals surface area contributed by atoms with E-state index in [1.165, 1.54) is 0 Å². The minimum Gasteiger partial charge on any atom is -0.478 e. The number of hydrogen-bond acceptors (Lipinski definition) is 2. The summed E-state index contributed by atoms with van der Waals surface area (Å²) in [4.78, 5) is 24.8. The molecule has 4 heteroatoms. The van der Waals surface area contributed by atoms with Crippen molar-refractivity contribution in [2.24, 2.45) is 0 Å². The van der Waals surface area contributed by atoms with Crippen LogP contribution in [0.3, 0.4) is 0 Å². The van der Waals surface area contributed by atoms with Crippen LogP contribution in [0.4, 0.5) is 0 Å². The standard InChI is InChI=1S/C14H17NO3/c16-13(15-9-3-4-10-15)8-7-11-5-1-2-6-12(11)14(17)18/h1-2,5-6H,3-4,7-10H2,(H,17,18). The summed E-state index contributed by atoms with van der Waals surface area (Å²) < 4.78 is 0. The Hall–Kier alpha value is -1.84. The largest absolute Gasteiger partial charge is 0.478 e. The van der Waals surface area contributed by atoms with Crippen LogP contribution in [-0.4, -0.2) is 35.0 Å². The van der Waals surface area contributed by atoms with Crippen molar-refractivity contribution in [3.63, 3.8) is 0 Å². The van der Waals surface area contributed by atoms with Crippen LogP contribution in [0.25, 0.3) is 0 Å². The van der Waals surface area contributed by atoms with Gasteiger partial charge in [-0.3, -0.25) is 4.79 Å². The number of benzene rings is 1. The third-order valence-corrected chi connectivity index (χ3v) is 3.31.